The monoisotopic (exact) mass is 194 g/mol. The first-order valence-electron chi connectivity index (χ1n) is 5.55. The molecule has 3 heteroatoms. The maximum absolute atomic E-state index is 11.8. The Hall–Kier alpha value is -0.830. The number of amides is 1. The molecule has 0 spiro atoms. The number of hydrogen-bond acceptors (Lipinski definition) is 2. The fraction of sp³-hybridized carbons (Fsp3) is 0.727. The van der Waals surface area contributed by atoms with E-state index in [-0.39, 0.29) is 11.9 Å². The van der Waals surface area contributed by atoms with Gasteiger partial charge in [0.25, 0.3) is 0 Å². The van der Waals surface area contributed by atoms with Gasteiger partial charge in [0.05, 0.1) is 6.04 Å². The summed E-state index contributed by atoms with van der Waals surface area (Å²) >= 11 is 0. The number of carbonyl (C=O) groups excluding carboxylic acids is 1. The molecule has 1 saturated heterocycles. The molecule has 2 rings (SSSR count). The van der Waals surface area contributed by atoms with Gasteiger partial charge < -0.3 is 10.6 Å². The Bertz CT molecular complexity index is 223. The Labute approximate surface area is 84.9 Å². The van der Waals surface area contributed by atoms with Crippen LogP contribution in [0.2, 0.25) is 0 Å². The topological polar surface area (TPSA) is 41.1 Å². The molecule has 1 heterocycles. The van der Waals surface area contributed by atoms with Gasteiger partial charge in [0.2, 0.25) is 5.91 Å². The van der Waals surface area contributed by atoms with Gasteiger partial charge in [-0.25, -0.2) is 0 Å². The van der Waals surface area contributed by atoms with E-state index >= 15 is 0 Å². The van der Waals surface area contributed by atoms with E-state index in [0.29, 0.717) is 6.04 Å². The predicted octanol–water partition coefficient (Wildman–Crippen LogP) is 0.963. The molecule has 1 atom stereocenters. The lowest BCUT2D eigenvalue weighted by atomic mass is 10.0. The Morgan fingerprint density at radius 3 is 2.71 bits per heavy atom. The van der Waals surface area contributed by atoms with E-state index in [4.69, 9.17) is 0 Å². The Kier molecular flexibility index (Phi) is 3.19. The summed E-state index contributed by atoms with van der Waals surface area (Å²) in [6, 6.07) is 0.413. The van der Waals surface area contributed by atoms with Crippen molar-refractivity contribution in [3.05, 3.63) is 12.2 Å². The molecule has 1 aliphatic heterocycles. The van der Waals surface area contributed by atoms with Crippen LogP contribution in [-0.2, 0) is 4.79 Å². The van der Waals surface area contributed by atoms with Crippen LogP contribution in [0.25, 0.3) is 0 Å². The van der Waals surface area contributed by atoms with Crippen LogP contribution in [0.4, 0.5) is 0 Å². The Morgan fingerprint density at radius 1 is 1.29 bits per heavy atom. The van der Waals surface area contributed by atoms with Gasteiger partial charge in [0.1, 0.15) is 0 Å². The summed E-state index contributed by atoms with van der Waals surface area (Å²) < 4.78 is 0. The zero-order chi connectivity index (χ0) is 9.80. The average Bonchev–Trinajstić information content (AvgIpc) is 2.72. The molecule has 2 aliphatic rings. The molecule has 0 aromatic rings. The third kappa shape index (κ3) is 2.35. The second-order valence-corrected chi connectivity index (χ2v) is 4.15. The number of hydrogen-bond donors (Lipinski definition) is 2. The van der Waals surface area contributed by atoms with E-state index < -0.39 is 0 Å². The highest BCUT2D eigenvalue weighted by Gasteiger charge is 2.22. The van der Waals surface area contributed by atoms with Crippen molar-refractivity contribution in [2.24, 2.45) is 0 Å². The highest BCUT2D eigenvalue weighted by Crippen LogP contribution is 2.11. The van der Waals surface area contributed by atoms with Crippen molar-refractivity contribution >= 4 is 5.91 Å². The molecule has 78 valence electrons. The van der Waals surface area contributed by atoms with Gasteiger partial charge in [-0.3, -0.25) is 4.79 Å². The van der Waals surface area contributed by atoms with Gasteiger partial charge in [0.15, 0.2) is 0 Å². The molecule has 3 nitrogen and oxygen atoms in total. The zero-order valence-electron chi connectivity index (χ0n) is 8.46. The minimum atomic E-state index is 0.0596. The third-order valence-electron chi connectivity index (χ3n) is 2.98. The second kappa shape index (κ2) is 4.60. The van der Waals surface area contributed by atoms with Crippen molar-refractivity contribution in [3.8, 4) is 0 Å². The fourth-order valence-corrected chi connectivity index (χ4v) is 2.11. The van der Waals surface area contributed by atoms with Gasteiger partial charge in [-0.2, -0.15) is 0 Å². The van der Waals surface area contributed by atoms with Crippen LogP contribution in [0, 0.1) is 0 Å². The smallest absolute Gasteiger partial charge is 0.237 e. The van der Waals surface area contributed by atoms with Crippen molar-refractivity contribution in [3.63, 3.8) is 0 Å². The molecule has 0 bridgehead atoms. The van der Waals surface area contributed by atoms with E-state index in [1.165, 1.54) is 12.8 Å². The molecule has 0 aromatic heterocycles. The largest absolute Gasteiger partial charge is 0.351 e. The van der Waals surface area contributed by atoms with Crippen LogP contribution in [0.15, 0.2) is 12.2 Å². The van der Waals surface area contributed by atoms with Crippen molar-refractivity contribution in [2.75, 3.05) is 6.54 Å². The molecular formula is C11H18N2O. The summed E-state index contributed by atoms with van der Waals surface area (Å²) in [6.07, 6.45) is 9.64. The van der Waals surface area contributed by atoms with E-state index in [1.54, 1.807) is 0 Å². The number of nitrogens with one attached hydrogen (secondary N) is 2. The van der Waals surface area contributed by atoms with Crippen LogP contribution < -0.4 is 10.6 Å². The van der Waals surface area contributed by atoms with E-state index in [0.717, 1.165) is 25.8 Å². The van der Waals surface area contributed by atoms with Gasteiger partial charge in [0, 0.05) is 6.04 Å². The summed E-state index contributed by atoms with van der Waals surface area (Å²) in [4.78, 5) is 11.8. The maximum Gasteiger partial charge on any atom is 0.237 e. The van der Waals surface area contributed by atoms with Gasteiger partial charge in [-0.05, 0) is 32.2 Å². The predicted molar refractivity (Wildman–Crippen MR) is 55.9 cm³/mol. The van der Waals surface area contributed by atoms with Crippen molar-refractivity contribution < 1.29 is 4.79 Å². The highest BCUT2D eigenvalue weighted by atomic mass is 16.2. The van der Waals surface area contributed by atoms with E-state index in [1.807, 2.05) is 0 Å². The van der Waals surface area contributed by atoms with Gasteiger partial charge >= 0.3 is 0 Å². The molecule has 0 unspecified atom stereocenters. The van der Waals surface area contributed by atoms with Gasteiger partial charge in [-0.1, -0.05) is 18.6 Å². The van der Waals surface area contributed by atoms with E-state index in [9.17, 15) is 4.79 Å². The molecular weight excluding hydrogens is 176 g/mol. The first kappa shape index (κ1) is 9.71. The van der Waals surface area contributed by atoms with Crippen LogP contribution in [0.3, 0.4) is 0 Å². The minimum absolute atomic E-state index is 0.0596. The number of rotatable bonds is 2. The SMILES string of the molecule is O=C(NC1CC=CC1)[C@@H]1CCCCN1. The summed E-state index contributed by atoms with van der Waals surface area (Å²) in [5, 5.41) is 6.34. The normalized spacial score (nSPS) is 27.9. The number of carbonyl (C=O) groups is 1. The zero-order valence-corrected chi connectivity index (χ0v) is 8.46. The molecule has 1 fully saturated rings. The molecule has 0 saturated carbocycles. The molecule has 14 heavy (non-hydrogen) atoms. The molecule has 0 radical (unpaired) electrons. The molecule has 0 aromatic carbocycles. The van der Waals surface area contributed by atoms with Crippen LogP contribution in [0.5, 0.6) is 0 Å². The van der Waals surface area contributed by atoms with Crippen molar-refractivity contribution in [1.29, 1.82) is 0 Å². The summed E-state index contributed by atoms with van der Waals surface area (Å²) in [6.45, 7) is 0.987. The quantitative estimate of drug-likeness (QED) is 0.643. The van der Waals surface area contributed by atoms with Crippen LogP contribution in [-0.4, -0.2) is 24.5 Å². The Balaban J connectivity index is 1.76. The number of piperidine rings is 1. The third-order valence-corrected chi connectivity index (χ3v) is 2.98. The lowest BCUT2D eigenvalue weighted by molar-refractivity contribution is -0.124. The molecule has 1 amide bonds. The first-order valence-corrected chi connectivity index (χ1v) is 5.55. The van der Waals surface area contributed by atoms with Crippen LogP contribution >= 0.6 is 0 Å². The lowest BCUT2D eigenvalue weighted by Crippen LogP contribution is -2.49. The lowest BCUT2D eigenvalue weighted by Gasteiger charge is -2.24. The standard InChI is InChI=1S/C11H18N2O/c14-11(10-7-3-4-8-12-10)13-9-5-1-2-6-9/h1-2,9-10,12H,3-8H2,(H,13,14)/t10-/m0/s1. The average molecular weight is 194 g/mol. The Morgan fingerprint density at radius 2 is 2.07 bits per heavy atom. The molecule has 1 aliphatic carbocycles. The van der Waals surface area contributed by atoms with Crippen molar-refractivity contribution in [2.45, 2.75) is 44.2 Å². The summed E-state index contributed by atoms with van der Waals surface area (Å²) in [5.74, 6) is 0.193. The second-order valence-electron chi connectivity index (χ2n) is 4.15. The van der Waals surface area contributed by atoms with E-state index in [2.05, 4.69) is 22.8 Å². The summed E-state index contributed by atoms with van der Waals surface area (Å²) in [5.41, 5.74) is 0. The van der Waals surface area contributed by atoms with Gasteiger partial charge in [-0.15, -0.1) is 0 Å². The molecule has 2 N–H and O–H groups in total. The summed E-state index contributed by atoms with van der Waals surface area (Å²) in [7, 11) is 0. The fourth-order valence-electron chi connectivity index (χ4n) is 2.11. The maximum atomic E-state index is 11.8. The first-order chi connectivity index (χ1) is 6.86. The van der Waals surface area contributed by atoms with Crippen LogP contribution in [0.1, 0.15) is 32.1 Å². The minimum Gasteiger partial charge on any atom is -0.351 e. The van der Waals surface area contributed by atoms with Crippen molar-refractivity contribution in [1.82, 2.24) is 10.6 Å². The highest BCUT2D eigenvalue weighted by molar-refractivity contribution is 5.82.